The summed E-state index contributed by atoms with van der Waals surface area (Å²) in [6.07, 6.45) is 1.39. The summed E-state index contributed by atoms with van der Waals surface area (Å²) >= 11 is 0. The third kappa shape index (κ3) is 1.19. The monoisotopic (exact) mass is 180 g/mol. The summed E-state index contributed by atoms with van der Waals surface area (Å²) in [5, 5.41) is 0. The van der Waals surface area contributed by atoms with Crippen molar-refractivity contribution in [3.05, 3.63) is 11.1 Å². The van der Waals surface area contributed by atoms with Crippen LogP contribution in [0.2, 0.25) is 0 Å². The maximum absolute atomic E-state index is 11.2. The van der Waals surface area contributed by atoms with Crippen molar-refractivity contribution < 1.29 is 14.3 Å². The van der Waals surface area contributed by atoms with Crippen LogP contribution in [0.15, 0.2) is 11.1 Å². The van der Waals surface area contributed by atoms with E-state index in [1.807, 2.05) is 13.8 Å². The summed E-state index contributed by atoms with van der Waals surface area (Å²) in [4.78, 5) is 22.4. The average molecular weight is 180 g/mol. The number of hydrogen-bond acceptors (Lipinski definition) is 3. The predicted molar refractivity (Wildman–Crippen MR) is 45.7 cm³/mol. The molecule has 0 aromatic rings. The molecule has 1 fully saturated rings. The van der Waals surface area contributed by atoms with Gasteiger partial charge in [-0.25, -0.2) is 0 Å². The fourth-order valence-electron chi connectivity index (χ4n) is 2.04. The highest BCUT2D eigenvalue weighted by Crippen LogP contribution is 2.39. The lowest BCUT2D eigenvalue weighted by atomic mass is 9.78. The molecular weight excluding hydrogens is 168 g/mol. The number of cyclic esters (lactones) is 2. The van der Waals surface area contributed by atoms with Gasteiger partial charge in [0.25, 0.3) is 0 Å². The first-order valence-corrected chi connectivity index (χ1v) is 4.50. The summed E-state index contributed by atoms with van der Waals surface area (Å²) in [7, 11) is 0. The molecule has 0 saturated carbocycles. The van der Waals surface area contributed by atoms with Crippen LogP contribution in [0, 0.1) is 11.8 Å². The van der Waals surface area contributed by atoms with Gasteiger partial charge in [0.15, 0.2) is 0 Å². The minimum atomic E-state index is -0.332. The van der Waals surface area contributed by atoms with Crippen molar-refractivity contribution in [1.82, 2.24) is 0 Å². The first kappa shape index (κ1) is 8.48. The molecule has 0 spiro atoms. The minimum Gasteiger partial charge on any atom is -0.393 e. The molecule has 1 saturated heterocycles. The molecule has 1 heterocycles. The van der Waals surface area contributed by atoms with Crippen molar-refractivity contribution in [3.63, 3.8) is 0 Å². The average Bonchev–Trinajstić information content (AvgIpc) is 2.31. The molecular formula is C10H12O3. The molecule has 70 valence electrons. The molecule has 2 rings (SSSR count). The van der Waals surface area contributed by atoms with Gasteiger partial charge in [-0.1, -0.05) is 11.1 Å². The van der Waals surface area contributed by atoms with Crippen molar-refractivity contribution in [2.75, 3.05) is 0 Å². The van der Waals surface area contributed by atoms with Crippen LogP contribution < -0.4 is 0 Å². The Morgan fingerprint density at radius 3 is 1.77 bits per heavy atom. The molecule has 1 aliphatic carbocycles. The SMILES string of the molecule is CC1=C(C)CC2C(=O)OC(=O)C2C1. The Morgan fingerprint density at radius 2 is 1.38 bits per heavy atom. The molecule has 3 nitrogen and oxygen atoms in total. The maximum atomic E-state index is 11.2. The van der Waals surface area contributed by atoms with Crippen LogP contribution in [0.1, 0.15) is 26.7 Å². The number of allylic oxidation sites excluding steroid dienone is 2. The van der Waals surface area contributed by atoms with Gasteiger partial charge in [-0.2, -0.15) is 0 Å². The zero-order chi connectivity index (χ0) is 9.59. The topological polar surface area (TPSA) is 43.4 Å². The standard InChI is InChI=1S/C10H12O3/c1-5-3-7-8(4-6(5)2)10(12)13-9(7)11/h7-8H,3-4H2,1-2H3. The number of carbonyl (C=O) groups excluding carboxylic acids is 2. The fourth-order valence-corrected chi connectivity index (χ4v) is 2.04. The van der Waals surface area contributed by atoms with Gasteiger partial charge in [-0.3, -0.25) is 9.59 Å². The first-order valence-electron chi connectivity index (χ1n) is 4.50. The van der Waals surface area contributed by atoms with Crippen LogP contribution in [-0.4, -0.2) is 11.9 Å². The van der Waals surface area contributed by atoms with Crippen molar-refractivity contribution in [2.45, 2.75) is 26.7 Å². The van der Waals surface area contributed by atoms with E-state index < -0.39 is 0 Å². The first-order chi connectivity index (χ1) is 6.09. The van der Waals surface area contributed by atoms with E-state index in [2.05, 4.69) is 4.74 Å². The number of ether oxygens (including phenoxy) is 1. The van der Waals surface area contributed by atoms with Gasteiger partial charge in [0.2, 0.25) is 0 Å². The van der Waals surface area contributed by atoms with E-state index in [-0.39, 0.29) is 23.8 Å². The van der Waals surface area contributed by atoms with E-state index in [4.69, 9.17) is 0 Å². The van der Waals surface area contributed by atoms with E-state index in [1.165, 1.54) is 11.1 Å². The van der Waals surface area contributed by atoms with Crippen molar-refractivity contribution in [1.29, 1.82) is 0 Å². The third-order valence-electron chi connectivity index (χ3n) is 3.07. The number of rotatable bonds is 0. The maximum Gasteiger partial charge on any atom is 0.317 e. The van der Waals surface area contributed by atoms with Crippen LogP contribution in [-0.2, 0) is 14.3 Å². The molecule has 13 heavy (non-hydrogen) atoms. The van der Waals surface area contributed by atoms with Crippen LogP contribution in [0.4, 0.5) is 0 Å². The molecule has 2 atom stereocenters. The number of carbonyl (C=O) groups is 2. The lowest BCUT2D eigenvalue weighted by Crippen LogP contribution is -2.22. The van der Waals surface area contributed by atoms with Gasteiger partial charge in [0.05, 0.1) is 11.8 Å². The van der Waals surface area contributed by atoms with Gasteiger partial charge in [-0.05, 0) is 26.7 Å². The predicted octanol–water partition coefficient (Wildman–Crippen LogP) is 1.43. The Morgan fingerprint density at radius 1 is 1.00 bits per heavy atom. The molecule has 0 N–H and O–H groups in total. The van der Waals surface area contributed by atoms with Gasteiger partial charge < -0.3 is 4.74 Å². The van der Waals surface area contributed by atoms with E-state index in [0.717, 1.165) is 0 Å². The number of hydrogen-bond donors (Lipinski definition) is 0. The molecule has 0 aromatic heterocycles. The Kier molecular flexibility index (Phi) is 1.75. The van der Waals surface area contributed by atoms with Crippen LogP contribution in [0.25, 0.3) is 0 Å². The highest BCUT2D eigenvalue weighted by molar-refractivity contribution is 5.97. The van der Waals surface area contributed by atoms with Crippen LogP contribution in [0.5, 0.6) is 0 Å². The Labute approximate surface area is 76.8 Å². The van der Waals surface area contributed by atoms with Gasteiger partial charge in [0.1, 0.15) is 0 Å². The quantitative estimate of drug-likeness (QED) is 0.322. The van der Waals surface area contributed by atoms with E-state index in [9.17, 15) is 9.59 Å². The minimum absolute atomic E-state index is 0.198. The second-order valence-corrected chi connectivity index (χ2v) is 3.92. The lowest BCUT2D eigenvalue weighted by molar-refractivity contribution is -0.153. The molecule has 0 aromatic carbocycles. The van der Waals surface area contributed by atoms with Crippen molar-refractivity contribution in [3.8, 4) is 0 Å². The van der Waals surface area contributed by atoms with Gasteiger partial charge in [0, 0.05) is 0 Å². The summed E-state index contributed by atoms with van der Waals surface area (Å²) in [6.45, 7) is 4.03. The van der Waals surface area contributed by atoms with Gasteiger partial charge in [-0.15, -0.1) is 0 Å². The van der Waals surface area contributed by atoms with Crippen LogP contribution in [0.3, 0.4) is 0 Å². The second-order valence-electron chi connectivity index (χ2n) is 3.92. The van der Waals surface area contributed by atoms with Gasteiger partial charge >= 0.3 is 11.9 Å². The Balaban J connectivity index is 2.31. The second kappa shape index (κ2) is 2.69. The zero-order valence-corrected chi connectivity index (χ0v) is 7.79. The summed E-state index contributed by atoms with van der Waals surface area (Å²) in [5.41, 5.74) is 2.46. The molecule has 2 aliphatic rings. The van der Waals surface area contributed by atoms with E-state index in [1.54, 1.807) is 0 Å². The summed E-state index contributed by atoms with van der Waals surface area (Å²) in [5.74, 6) is -1.06. The third-order valence-corrected chi connectivity index (χ3v) is 3.07. The normalized spacial score (nSPS) is 33.4. The highest BCUT2D eigenvalue weighted by Gasteiger charge is 2.45. The van der Waals surface area contributed by atoms with E-state index >= 15 is 0 Å². The number of esters is 2. The van der Waals surface area contributed by atoms with E-state index in [0.29, 0.717) is 12.8 Å². The molecule has 0 radical (unpaired) electrons. The van der Waals surface area contributed by atoms with Crippen molar-refractivity contribution in [2.24, 2.45) is 11.8 Å². The molecule has 0 amide bonds. The molecule has 1 aliphatic heterocycles. The molecule has 3 heteroatoms. The highest BCUT2D eigenvalue weighted by atomic mass is 16.6. The van der Waals surface area contributed by atoms with Crippen molar-refractivity contribution >= 4 is 11.9 Å². The molecule has 0 bridgehead atoms. The largest absolute Gasteiger partial charge is 0.393 e. The Bertz CT molecular complexity index is 284. The number of fused-ring (bicyclic) bond motifs is 1. The summed E-state index contributed by atoms with van der Waals surface area (Å²) < 4.78 is 4.60. The smallest absolute Gasteiger partial charge is 0.317 e. The van der Waals surface area contributed by atoms with Crippen LogP contribution >= 0.6 is 0 Å². The Hall–Kier alpha value is -1.12. The fraction of sp³-hybridized carbons (Fsp3) is 0.600. The molecule has 2 unspecified atom stereocenters. The zero-order valence-electron chi connectivity index (χ0n) is 7.79. The summed E-state index contributed by atoms with van der Waals surface area (Å²) in [6, 6.07) is 0. The lowest BCUT2D eigenvalue weighted by Gasteiger charge is -2.21.